The SMILES string of the molecule is COc1cccc(C(=O)N/N=c2\oc3ccccc3cc2C(N)=O)c1. The second kappa shape index (κ2) is 6.88. The van der Waals surface area contributed by atoms with E-state index in [1.54, 1.807) is 48.5 Å². The summed E-state index contributed by atoms with van der Waals surface area (Å²) in [6, 6.07) is 15.3. The number of amides is 2. The van der Waals surface area contributed by atoms with Gasteiger partial charge in [-0.05, 0) is 30.3 Å². The van der Waals surface area contributed by atoms with Gasteiger partial charge in [-0.3, -0.25) is 9.59 Å². The summed E-state index contributed by atoms with van der Waals surface area (Å²) in [5, 5.41) is 4.60. The molecule has 0 aliphatic heterocycles. The second-order valence-corrected chi connectivity index (χ2v) is 5.15. The van der Waals surface area contributed by atoms with Gasteiger partial charge >= 0.3 is 0 Å². The van der Waals surface area contributed by atoms with E-state index in [-0.39, 0.29) is 11.1 Å². The first-order valence-electron chi connectivity index (χ1n) is 7.39. The molecule has 25 heavy (non-hydrogen) atoms. The van der Waals surface area contributed by atoms with Crippen molar-refractivity contribution in [2.24, 2.45) is 10.8 Å². The van der Waals surface area contributed by atoms with Gasteiger partial charge in [0.1, 0.15) is 16.9 Å². The lowest BCUT2D eigenvalue weighted by molar-refractivity contribution is 0.0946. The molecule has 1 heterocycles. The Balaban J connectivity index is 1.98. The van der Waals surface area contributed by atoms with Crippen LogP contribution in [0, 0.1) is 0 Å². The first-order valence-corrected chi connectivity index (χ1v) is 7.39. The highest BCUT2D eigenvalue weighted by molar-refractivity contribution is 5.96. The molecule has 2 aromatic carbocycles. The van der Waals surface area contributed by atoms with Gasteiger partial charge in [0.05, 0.1) is 7.11 Å². The highest BCUT2D eigenvalue weighted by Gasteiger charge is 2.10. The third kappa shape index (κ3) is 3.50. The van der Waals surface area contributed by atoms with Crippen molar-refractivity contribution < 1.29 is 18.7 Å². The fourth-order valence-electron chi connectivity index (χ4n) is 2.26. The Morgan fingerprint density at radius 2 is 1.92 bits per heavy atom. The molecule has 0 atom stereocenters. The number of methoxy groups -OCH3 is 1. The minimum Gasteiger partial charge on any atom is -0.497 e. The molecule has 126 valence electrons. The lowest BCUT2D eigenvalue weighted by Crippen LogP contribution is -2.27. The molecule has 3 N–H and O–H groups in total. The molecule has 0 saturated heterocycles. The molecule has 0 aliphatic carbocycles. The van der Waals surface area contributed by atoms with Crippen LogP contribution in [0.2, 0.25) is 0 Å². The average Bonchev–Trinajstić information content (AvgIpc) is 2.65. The number of primary amides is 1. The van der Waals surface area contributed by atoms with Crippen molar-refractivity contribution >= 4 is 22.8 Å². The number of carbonyl (C=O) groups excluding carboxylic acids is 2. The van der Waals surface area contributed by atoms with Gasteiger partial charge in [0, 0.05) is 10.9 Å². The number of benzene rings is 2. The van der Waals surface area contributed by atoms with Crippen molar-refractivity contribution in [1.29, 1.82) is 0 Å². The summed E-state index contributed by atoms with van der Waals surface area (Å²) >= 11 is 0. The minimum atomic E-state index is -0.705. The van der Waals surface area contributed by atoms with Gasteiger partial charge in [0.2, 0.25) is 5.55 Å². The number of carbonyl (C=O) groups is 2. The predicted octanol–water partition coefficient (Wildman–Crippen LogP) is 1.79. The monoisotopic (exact) mass is 337 g/mol. The van der Waals surface area contributed by atoms with Crippen LogP contribution in [0.5, 0.6) is 5.75 Å². The molecule has 2 amide bonds. The average molecular weight is 337 g/mol. The standard InChI is InChI=1S/C18H15N3O4/c1-24-13-7-4-6-12(9-13)17(23)20-21-18-14(16(19)22)10-11-5-2-3-8-15(11)25-18/h2-10H,1H3,(H2,19,22)(H,20,23)/b21-18-. The first kappa shape index (κ1) is 16.3. The van der Waals surface area contributed by atoms with Crippen LogP contribution >= 0.6 is 0 Å². The van der Waals surface area contributed by atoms with Crippen molar-refractivity contribution in [2.75, 3.05) is 7.11 Å². The van der Waals surface area contributed by atoms with Crippen LogP contribution in [0.15, 0.2) is 64.1 Å². The summed E-state index contributed by atoms with van der Waals surface area (Å²) in [6.07, 6.45) is 0. The van der Waals surface area contributed by atoms with Crippen molar-refractivity contribution in [3.63, 3.8) is 0 Å². The van der Waals surface area contributed by atoms with E-state index in [1.807, 2.05) is 6.07 Å². The number of fused-ring (bicyclic) bond motifs is 1. The summed E-state index contributed by atoms with van der Waals surface area (Å²) in [7, 11) is 1.51. The quantitative estimate of drug-likeness (QED) is 0.708. The molecule has 0 aliphatic rings. The van der Waals surface area contributed by atoms with Gasteiger partial charge in [-0.2, -0.15) is 0 Å². The Morgan fingerprint density at radius 1 is 1.12 bits per heavy atom. The predicted molar refractivity (Wildman–Crippen MR) is 90.8 cm³/mol. The van der Waals surface area contributed by atoms with E-state index >= 15 is 0 Å². The molecule has 0 unspecified atom stereocenters. The van der Waals surface area contributed by atoms with Crippen molar-refractivity contribution in [1.82, 2.24) is 5.43 Å². The van der Waals surface area contributed by atoms with Gasteiger partial charge in [0.25, 0.3) is 11.8 Å². The summed E-state index contributed by atoms with van der Waals surface area (Å²) in [5.41, 5.74) is 8.60. The van der Waals surface area contributed by atoms with E-state index in [2.05, 4.69) is 10.5 Å². The van der Waals surface area contributed by atoms with E-state index in [0.29, 0.717) is 22.3 Å². The molecule has 0 radical (unpaired) electrons. The molecule has 3 rings (SSSR count). The number of hydrogen-bond acceptors (Lipinski definition) is 5. The molecular weight excluding hydrogens is 322 g/mol. The van der Waals surface area contributed by atoms with Crippen molar-refractivity contribution in [2.45, 2.75) is 0 Å². The number of nitrogens with zero attached hydrogens (tertiary/aromatic N) is 1. The van der Waals surface area contributed by atoms with E-state index in [4.69, 9.17) is 14.9 Å². The third-order valence-corrected chi connectivity index (χ3v) is 3.51. The molecule has 0 spiro atoms. The Morgan fingerprint density at radius 3 is 2.68 bits per heavy atom. The minimum absolute atomic E-state index is 0.0672. The number of para-hydroxylation sites is 1. The largest absolute Gasteiger partial charge is 0.497 e. The van der Waals surface area contributed by atoms with Crippen LogP contribution in [0.3, 0.4) is 0 Å². The zero-order chi connectivity index (χ0) is 17.8. The van der Waals surface area contributed by atoms with Crippen LogP contribution in [0.4, 0.5) is 0 Å². The Bertz CT molecular complexity index is 1020. The van der Waals surface area contributed by atoms with Crippen molar-refractivity contribution in [3.8, 4) is 5.75 Å². The lowest BCUT2D eigenvalue weighted by atomic mass is 10.2. The number of nitrogens with one attached hydrogen (secondary N) is 1. The molecule has 0 saturated carbocycles. The van der Waals surface area contributed by atoms with Crippen LogP contribution in [0.1, 0.15) is 20.7 Å². The lowest BCUT2D eigenvalue weighted by Gasteiger charge is -2.04. The van der Waals surface area contributed by atoms with Crippen LogP contribution in [-0.4, -0.2) is 18.9 Å². The Kier molecular flexibility index (Phi) is 4.47. The fraction of sp³-hybridized carbons (Fsp3) is 0.0556. The van der Waals surface area contributed by atoms with Crippen LogP contribution < -0.4 is 21.5 Å². The molecule has 0 bridgehead atoms. The van der Waals surface area contributed by atoms with Gasteiger partial charge < -0.3 is 14.9 Å². The zero-order valence-corrected chi connectivity index (χ0v) is 13.4. The fourth-order valence-corrected chi connectivity index (χ4v) is 2.26. The van der Waals surface area contributed by atoms with E-state index < -0.39 is 11.8 Å². The van der Waals surface area contributed by atoms with Crippen molar-refractivity contribution in [3.05, 3.63) is 71.3 Å². The zero-order valence-electron chi connectivity index (χ0n) is 13.4. The molecule has 1 aromatic heterocycles. The third-order valence-electron chi connectivity index (χ3n) is 3.51. The smallest absolute Gasteiger partial charge is 0.271 e. The molecule has 3 aromatic rings. The van der Waals surface area contributed by atoms with E-state index in [0.717, 1.165) is 0 Å². The normalized spacial score (nSPS) is 11.3. The van der Waals surface area contributed by atoms with E-state index in [9.17, 15) is 9.59 Å². The molecular formula is C18H15N3O4. The summed E-state index contributed by atoms with van der Waals surface area (Å²) in [4.78, 5) is 23.8. The number of nitrogens with two attached hydrogens (primary N) is 1. The summed E-state index contributed by atoms with van der Waals surface area (Å²) in [5.74, 6) is -0.637. The molecule has 7 nitrogen and oxygen atoms in total. The molecule has 7 heteroatoms. The number of hydrogen-bond donors (Lipinski definition) is 2. The van der Waals surface area contributed by atoms with Crippen LogP contribution in [0.25, 0.3) is 11.0 Å². The highest BCUT2D eigenvalue weighted by atomic mass is 16.5. The number of rotatable bonds is 4. The maximum atomic E-state index is 12.2. The van der Waals surface area contributed by atoms with Gasteiger partial charge in [-0.15, -0.1) is 5.10 Å². The Labute approximate surface area is 142 Å². The summed E-state index contributed by atoms with van der Waals surface area (Å²) in [6.45, 7) is 0. The molecule has 0 fully saturated rings. The summed E-state index contributed by atoms with van der Waals surface area (Å²) < 4.78 is 10.7. The van der Waals surface area contributed by atoms with E-state index in [1.165, 1.54) is 7.11 Å². The first-order chi connectivity index (χ1) is 12.1. The maximum absolute atomic E-state index is 12.2. The van der Waals surface area contributed by atoms with Gasteiger partial charge in [0.15, 0.2) is 0 Å². The maximum Gasteiger partial charge on any atom is 0.271 e. The number of ether oxygens (including phenoxy) is 1. The second-order valence-electron chi connectivity index (χ2n) is 5.15. The topological polar surface area (TPSA) is 107 Å². The van der Waals surface area contributed by atoms with Crippen LogP contribution in [-0.2, 0) is 0 Å². The van der Waals surface area contributed by atoms with Gasteiger partial charge in [-0.25, -0.2) is 5.43 Å². The van der Waals surface area contributed by atoms with Gasteiger partial charge in [-0.1, -0.05) is 24.3 Å². The Hall–Kier alpha value is -3.61. The highest BCUT2D eigenvalue weighted by Crippen LogP contribution is 2.13.